The van der Waals surface area contributed by atoms with Crippen LogP contribution in [0.3, 0.4) is 0 Å². The summed E-state index contributed by atoms with van der Waals surface area (Å²) in [5.41, 5.74) is 4.16. The summed E-state index contributed by atoms with van der Waals surface area (Å²) in [4.78, 5) is 30.7. The first kappa shape index (κ1) is 21.8. The molecule has 5 heterocycles. The van der Waals surface area contributed by atoms with Gasteiger partial charge in [0, 0.05) is 38.2 Å². The number of hydrogen-bond donors (Lipinski definition) is 0. The zero-order valence-electron chi connectivity index (χ0n) is 18.7. The Balaban J connectivity index is 1.39. The van der Waals surface area contributed by atoms with Crippen LogP contribution in [0.4, 0.5) is 17.3 Å². The monoisotopic (exact) mass is 467 g/mol. The third-order valence-electron chi connectivity index (χ3n) is 6.20. The van der Waals surface area contributed by atoms with Crippen LogP contribution in [0, 0.1) is 0 Å². The molecule has 0 amide bonds. The zero-order chi connectivity index (χ0) is 22.9. The lowest BCUT2D eigenvalue weighted by atomic mass is 10.2. The summed E-state index contributed by atoms with van der Waals surface area (Å²) in [6, 6.07) is 3.93. The maximum Gasteiger partial charge on any atom is 0.290 e. The lowest BCUT2D eigenvalue weighted by Gasteiger charge is -2.25. The quantitative estimate of drug-likeness (QED) is 0.562. The van der Waals surface area contributed by atoms with Crippen molar-refractivity contribution in [3.8, 4) is 0 Å². The van der Waals surface area contributed by atoms with Gasteiger partial charge in [0.1, 0.15) is 5.02 Å². The SMILES string of the molecule is CCc1ncccc1N(C)c1ncc2c(n1)CN(c1cnn(C3CCCCO3)c(=O)c1Cl)C2. The van der Waals surface area contributed by atoms with E-state index >= 15 is 0 Å². The number of aryl methyl sites for hydroxylation is 1. The third-order valence-corrected chi connectivity index (χ3v) is 6.56. The molecule has 10 heteroatoms. The van der Waals surface area contributed by atoms with E-state index in [-0.39, 0.29) is 16.8 Å². The fourth-order valence-electron chi connectivity index (χ4n) is 4.37. The summed E-state index contributed by atoms with van der Waals surface area (Å²) in [6.07, 6.45) is 8.53. The van der Waals surface area contributed by atoms with Crippen molar-refractivity contribution in [2.75, 3.05) is 23.5 Å². The van der Waals surface area contributed by atoms with Crippen molar-refractivity contribution >= 4 is 28.9 Å². The molecule has 1 saturated heterocycles. The molecular formula is C23H26ClN7O2. The van der Waals surface area contributed by atoms with Crippen LogP contribution in [-0.2, 0) is 24.2 Å². The number of rotatable bonds is 5. The molecule has 1 unspecified atom stereocenters. The second kappa shape index (κ2) is 9.07. The maximum absolute atomic E-state index is 12.9. The lowest BCUT2D eigenvalue weighted by Crippen LogP contribution is -2.32. The molecule has 0 aliphatic carbocycles. The predicted octanol–water partition coefficient (Wildman–Crippen LogP) is 3.63. The van der Waals surface area contributed by atoms with E-state index < -0.39 is 0 Å². The van der Waals surface area contributed by atoms with E-state index in [9.17, 15) is 4.79 Å². The molecule has 3 aromatic heterocycles. The summed E-state index contributed by atoms with van der Waals surface area (Å²) in [7, 11) is 1.94. The van der Waals surface area contributed by atoms with E-state index in [0.717, 1.165) is 48.3 Å². The van der Waals surface area contributed by atoms with Gasteiger partial charge in [-0.1, -0.05) is 18.5 Å². The molecule has 0 N–H and O–H groups in total. The summed E-state index contributed by atoms with van der Waals surface area (Å²) >= 11 is 6.51. The Labute approximate surface area is 197 Å². The van der Waals surface area contributed by atoms with Crippen LogP contribution < -0.4 is 15.4 Å². The number of fused-ring (bicyclic) bond motifs is 1. The second-order valence-corrected chi connectivity index (χ2v) is 8.67. The van der Waals surface area contributed by atoms with E-state index in [1.807, 2.05) is 35.2 Å². The largest absolute Gasteiger partial charge is 0.358 e. The van der Waals surface area contributed by atoms with Crippen molar-refractivity contribution in [3.63, 3.8) is 0 Å². The first-order valence-electron chi connectivity index (χ1n) is 11.2. The minimum absolute atomic E-state index is 0.153. The molecule has 172 valence electrons. The second-order valence-electron chi connectivity index (χ2n) is 8.29. The molecule has 1 atom stereocenters. The summed E-state index contributed by atoms with van der Waals surface area (Å²) in [5.74, 6) is 0.604. The highest BCUT2D eigenvalue weighted by Crippen LogP contribution is 2.32. The highest BCUT2D eigenvalue weighted by atomic mass is 35.5. The number of halogens is 1. The average molecular weight is 468 g/mol. The van der Waals surface area contributed by atoms with Crippen molar-refractivity contribution in [3.05, 3.63) is 63.1 Å². The molecule has 9 nitrogen and oxygen atoms in total. The van der Waals surface area contributed by atoms with Crippen LogP contribution >= 0.6 is 11.6 Å². The van der Waals surface area contributed by atoms with Gasteiger partial charge in [0.25, 0.3) is 5.56 Å². The Morgan fingerprint density at radius 1 is 1.24 bits per heavy atom. The van der Waals surface area contributed by atoms with Gasteiger partial charge >= 0.3 is 0 Å². The Morgan fingerprint density at radius 2 is 2.12 bits per heavy atom. The Kier molecular flexibility index (Phi) is 5.99. The minimum atomic E-state index is -0.349. The van der Waals surface area contributed by atoms with Gasteiger partial charge in [-0.2, -0.15) is 9.78 Å². The van der Waals surface area contributed by atoms with E-state index in [1.165, 1.54) is 4.68 Å². The summed E-state index contributed by atoms with van der Waals surface area (Å²) in [5, 5.41) is 4.53. The Bertz CT molecular complexity index is 1230. The number of ether oxygens (including phenoxy) is 1. The van der Waals surface area contributed by atoms with Gasteiger partial charge in [0.2, 0.25) is 5.95 Å². The van der Waals surface area contributed by atoms with Crippen molar-refractivity contribution in [1.82, 2.24) is 24.7 Å². The van der Waals surface area contributed by atoms with Crippen LogP contribution in [-0.4, -0.2) is 38.4 Å². The smallest absolute Gasteiger partial charge is 0.290 e. The fourth-order valence-corrected chi connectivity index (χ4v) is 4.62. The van der Waals surface area contributed by atoms with Crippen molar-refractivity contribution in [2.24, 2.45) is 0 Å². The van der Waals surface area contributed by atoms with Crippen LogP contribution in [0.25, 0.3) is 0 Å². The molecule has 0 saturated carbocycles. The van der Waals surface area contributed by atoms with Crippen LogP contribution in [0.2, 0.25) is 5.02 Å². The number of aromatic nitrogens is 5. The van der Waals surface area contributed by atoms with Crippen molar-refractivity contribution in [2.45, 2.75) is 51.9 Å². The standard InChI is InChI=1S/C23H26ClN7O2/c1-3-16-18(7-6-9-25-16)29(2)23-26-11-15-13-30(14-17(15)28-23)19-12-27-31(22(32)21(19)24)20-8-4-5-10-33-20/h6-7,9,11-12,20H,3-5,8,10,13-14H2,1-2H3. The summed E-state index contributed by atoms with van der Waals surface area (Å²) in [6.45, 7) is 3.80. The van der Waals surface area contributed by atoms with Gasteiger partial charge in [0.15, 0.2) is 6.23 Å². The highest BCUT2D eigenvalue weighted by Gasteiger charge is 2.27. The molecule has 2 aliphatic heterocycles. The number of pyridine rings is 1. The molecule has 1 fully saturated rings. The molecule has 0 aromatic carbocycles. The molecule has 33 heavy (non-hydrogen) atoms. The zero-order valence-corrected chi connectivity index (χ0v) is 19.5. The Morgan fingerprint density at radius 3 is 2.91 bits per heavy atom. The number of anilines is 3. The van der Waals surface area contributed by atoms with E-state index in [0.29, 0.717) is 31.3 Å². The van der Waals surface area contributed by atoms with Crippen LogP contribution in [0.5, 0.6) is 0 Å². The minimum Gasteiger partial charge on any atom is -0.358 e. The van der Waals surface area contributed by atoms with E-state index in [4.69, 9.17) is 21.3 Å². The van der Waals surface area contributed by atoms with Gasteiger partial charge in [-0.3, -0.25) is 9.78 Å². The Hall–Kier alpha value is -3.04. The van der Waals surface area contributed by atoms with Crippen molar-refractivity contribution in [1.29, 1.82) is 0 Å². The third kappa shape index (κ3) is 4.06. The first-order chi connectivity index (χ1) is 16.1. The molecule has 2 aliphatic rings. The van der Waals surface area contributed by atoms with Gasteiger partial charge in [-0.15, -0.1) is 0 Å². The van der Waals surface area contributed by atoms with Gasteiger partial charge in [0.05, 0.1) is 35.5 Å². The highest BCUT2D eigenvalue weighted by molar-refractivity contribution is 6.33. The average Bonchev–Trinajstić information content (AvgIpc) is 3.28. The van der Waals surface area contributed by atoms with Crippen LogP contribution in [0.1, 0.15) is 49.4 Å². The van der Waals surface area contributed by atoms with Crippen molar-refractivity contribution < 1.29 is 4.74 Å². The number of nitrogens with zero attached hydrogens (tertiary/aromatic N) is 7. The molecule has 0 radical (unpaired) electrons. The van der Waals surface area contributed by atoms with Crippen LogP contribution in [0.15, 0.2) is 35.5 Å². The van der Waals surface area contributed by atoms with Gasteiger partial charge in [-0.05, 0) is 37.8 Å². The van der Waals surface area contributed by atoms with Gasteiger partial charge in [-0.25, -0.2) is 9.97 Å². The predicted molar refractivity (Wildman–Crippen MR) is 126 cm³/mol. The molecule has 0 spiro atoms. The summed E-state index contributed by atoms with van der Waals surface area (Å²) < 4.78 is 7.07. The van der Waals surface area contributed by atoms with Gasteiger partial charge < -0.3 is 14.5 Å². The topological polar surface area (TPSA) is 89.3 Å². The maximum atomic E-state index is 12.9. The first-order valence-corrected chi connectivity index (χ1v) is 11.6. The lowest BCUT2D eigenvalue weighted by molar-refractivity contribution is -0.0424. The molecule has 0 bridgehead atoms. The van der Waals surface area contributed by atoms with E-state index in [2.05, 4.69) is 22.0 Å². The molecular weight excluding hydrogens is 442 g/mol. The molecule has 5 rings (SSSR count). The number of hydrogen-bond acceptors (Lipinski definition) is 8. The van der Waals surface area contributed by atoms with E-state index in [1.54, 1.807) is 12.4 Å². The normalized spacial score (nSPS) is 17.8. The molecule has 3 aromatic rings. The fraction of sp³-hybridized carbons (Fsp3) is 0.435.